The average molecular weight is 388 g/mol. The van der Waals surface area contributed by atoms with E-state index in [-0.39, 0.29) is 10.9 Å². The summed E-state index contributed by atoms with van der Waals surface area (Å²) in [6, 6.07) is 5.57. The number of carbonyl (C=O) groups is 1. The number of hydrogen-bond donors (Lipinski definition) is 2. The van der Waals surface area contributed by atoms with Crippen LogP contribution in [0.2, 0.25) is 0 Å². The second-order valence-electron chi connectivity index (χ2n) is 6.26. The van der Waals surface area contributed by atoms with E-state index >= 15 is 0 Å². The lowest BCUT2D eigenvalue weighted by molar-refractivity contribution is -0.145. The molecule has 1 aromatic rings. The van der Waals surface area contributed by atoms with Gasteiger partial charge in [0.1, 0.15) is 6.04 Å². The molecule has 0 aliphatic heterocycles. The van der Waals surface area contributed by atoms with Crippen LogP contribution in [0.3, 0.4) is 0 Å². The molecule has 1 rings (SSSR count). The topological polar surface area (TPSA) is 107 Å². The van der Waals surface area contributed by atoms with E-state index in [4.69, 9.17) is 15.0 Å². The summed E-state index contributed by atoms with van der Waals surface area (Å²) in [5.41, 5.74) is 6.63. The van der Waals surface area contributed by atoms with Crippen molar-refractivity contribution in [3.63, 3.8) is 0 Å². The fraction of sp³-hybridized carbons (Fsp3) is 0.632. The number of aryl methyl sites for hydroxylation is 1. The summed E-state index contributed by atoms with van der Waals surface area (Å²) >= 11 is 0. The molecular weight excluding hydrogens is 354 g/mol. The van der Waals surface area contributed by atoms with Gasteiger partial charge in [0.05, 0.1) is 11.5 Å². The number of benzene rings is 1. The molecule has 0 fully saturated rings. The van der Waals surface area contributed by atoms with Gasteiger partial charge in [-0.05, 0) is 31.9 Å². The second-order valence-corrected chi connectivity index (χ2v) is 7.69. The predicted octanol–water partition coefficient (Wildman–Crippen LogP) is 3.87. The number of ether oxygens (including phenoxy) is 1. The molecule has 0 saturated carbocycles. The van der Waals surface area contributed by atoms with Gasteiger partial charge in [-0.1, -0.05) is 63.6 Å². The van der Waals surface area contributed by atoms with E-state index in [1.54, 1.807) is 12.1 Å². The molecule has 0 saturated heterocycles. The Morgan fingerprint density at radius 1 is 1.08 bits per heavy atom. The number of nitrogens with two attached hydrogens (primary N) is 1. The number of carbonyl (C=O) groups excluding carboxylic acids is 1. The van der Waals surface area contributed by atoms with Gasteiger partial charge < -0.3 is 10.5 Å². The third-order valence-electron chi connectivity index (χ3n) is 3.73. The van der Waals surface area contributed by atoms with Crippen LogP contribution in [0.4, 0.5) is 0 Å². The summed E-state index contributed by atoms with van der Waals surface area (Å²) < 4.78 is 34.6. The van der Waals surface area contributed by atoms with Crippen LogP contribution in [0.5, 0.6) is 0 Å². The van der Waals surface area contributed by atoms with Gasteiger partial charge >= 0.3 is 5.97 Å². The maximum atomic E-state index is 11.3. The van der Waals surface area contributed by atoms with E-state index in [2.05, 4.69) is 13.8 Å². The standard InChI is InChI=1S/C12H25NO2.C7H8O3S/c1-3-5-7-8-10-15-12(14)11(13)9-6-4-2;1-6-2-4-7(5-3-6)11(8,9)10/h11H,3-10,13H2,1-2H3;2-5H,1H3,(H,8,9,10). The molecule has 1 unspecified atom stereocenters. The highest BCUT2D eigenvalue weighted by Crippen LogP contribution is 2.08. The zero-order valence-electron chi connectivity index (χ0n) is 16.1. The van der Waals surface area contributed by atoms with E-state index in [1.807, 2.05) is 6.92 Å². The molecule has 1 aromatic carbocycles. The zero-order valence-corrected chi connectivity index (χ0v) is 16.9. The minimum atomic E-state index is -4.02. The van der Waals surface area contributed by atoms with Crippen LogP contribution < -0.4 is 5.73 Å². The number of unbranched alkanes of at least 4 members (excludes halogenated alkanes) is 4. The van der Waals surface area contributed by atoms with Crippen LogP contribution in [0, 0.1) is 6.92 Å². The molecule has 0 aromatic heterocycles. The summed E-state index contributed by atoms with van der Waals surface area (Å²) in [6.07, 6.45) is 7.30. The molecule has 0 aliphatic carbocycles. The zero-order chi connectivity index (χ0) is 20.0. The second kappa shape index (κ2) is 13.7. The lowest BCUT2D eigenvalue weighted by Gasteiger charge is -2.10. The van der Waals surface area contributed by atoms with Crippen molar-refractivity contribution < 1.29 is 22.5 Å². The first-order chi connectivity index (χ1) is 12.2. The van der Waals surface area contributed by atoms with Crippen molar-refractivity contribution in [1.82, 2.24) is 0 Å². The monoisotopic (exact) mass is 387 g/mol. The van der Waals surface area contributed by atoms with Crippen molar-refractivity contribution in [2.75, 3.05) is 6.61 Å². The molecule has 0 bridgehead atoms. The number of rotatable bonds is 10. The van der Waals surface area contributed by atoms with Crippen LogP contribution in [0.1, 0.15) is 64.4 Å². The van der Waals surface area contributed by atoms with E-state index in [0.717, 1.165) is 37.7 Å². The first-order valence-electron chi connectivity index (χ1n) is 9.18. The quantitative estimate of drug-likeness (QED) is 0.358. The Kier molecular flexibility index (Phi) is 13.0. The Labute approximate surface area is 157 Å². The molecule has 0 radical (unpaired) electrons. The van der Waals surface area contributed by atoms with Gasteiger partial charge in [-0.2, -0.15) is 8.42 Å². The van der Waals surface area contributed by atoms with Crippen molar-refractivity contribution >= 4 is 16.1 Å². The molecule has 0 amide bonds. The molecule has 1 atom stereocenters. The van der Waals surface area contributed by atoms with Crippen LogP contribution in [-0.4, -0.2) is 31.6 Å². The van der Waals surface area contributed by atoms with Crippen molar-refractivity contribution in [2.45, 2.75) is 76.7 Å². The van der Waals surface area contributed by atoms with E-state index in [0.29, 0.717) is 6.61 Å². The van der Waals surface area contributed by atoms with Crippen molar-refractivity contribution in [3.8, 4) is 0 Å². The molecule has 26 heavy (non-hydrogen) atoms. The van der Waals surface area contributed by atoms with Crippen LogP contribution in [0.15, 0.2) is 29.2 Å². The van der Waals surface area contributed by atoms with Gasteiger partial charge in [-0.25, -0.2) is 0 Å². The minimum Gasteiger partial charge on any atom is -0.465 e. The fourth-order valence-corrected chi connectivity index (χ4v) is 2.54. The molecule has 6 nitrogen and oxygen atoms in total. The number of hydrogen-bond acceptors (Lipinski definition) is 5. The molecular formula is C19H33NO5S. The van der Waals surface area contributed by atoms with Crippen molar-refractivity contribution in [1.29, 1.82) is 0 Å². The van der Waals surface area contributed by atoms with Crippen molar-refractivity contribution in [3.05, 3.63) is 29.8 Å². The summed E-state index contributed by atoms with van der Waals surface area (Å²) in [6.45, 7) is 6.61. The Morgan fingerprint density at radius 3 is 2.15 bits per heavy atom. The minimum absolute atomic E-state index is 0.0666. The van der Waals surface area contributed by atoms with Crippen molar-refractivity contribution in [2.24, 2.45) is 5.73 Å². The lowest BCUT2D eigenvalue weighted by atomic mass is 10.1. The first-order valence-corrected chi connectivity index (χ1v) is 10.6. The third-order valence-corrected chi connectivity index (χ3v) is 4.60. The fourth-order valence-electron chi connectivity index (χ4n) is 2.06. The maximum absolute atomic E-state index is 11.3. The third kappa shape index (κ3) is 12.0. The first kappa shape index (κ1) is 24.6. The Morgan fingerprint density at radius 2 is 1.65 bits per heavy atom. The molecule has 7 heteroatoms. The van der Waals surface area contributed by atoms with Crippen LogP contribution in [0.25, 0.3) is 0 Å². The summed E-state index contributed by atoms with van der Waals surface area (Å²) in [7, 11) is -4.02. The number of esters is 1. The van der Waals surface area contributed by atoms with E-state index in [1.165, 1.54) is 25.0 Å². The smallest absolute Gasteiger partial charge is 0.322 e. The van der Waals surface area contributed by atoms with E-state index < -0.39 is 16.2 Å². The average Bonchev–Trinajstić information content (AvgIpc) is 2.59. The summed E-state index contributed by atoms with van der Waals surface area (Å²) in [5, 5.41) is 0. The summed E-state index contributed by atoms with van der Waals surface area (Å²) in [4.78, 5) is 11.3. The molecule has 0 heterocycles. The Hall–Kier alpha value is -1.44. The molecule has 0 spiro atoms. The molecule has 3 N–H and O–H groups in total. The van der Waals surface area contributed by atoms with Gasteiger partial charge in [-0.15, -0.1) is 0 Å². The highest BCUT2D eigenvalue weighted by atomic mass is 32.2. The van der Waals surface area contributed by atoms with Gasteiger partial charge in [-0.3, -0.25) is 9.35 Å². The normalized spacial score (nSPS) is 12.0. The highest BCUT2D eigenvalue weighted by molar-refractivity contribution is 7.85. The highest BCUT2D eigenvalue weighted by Gasteiger charge is 2.13. The van der Waals surface area contributed by atoms with Crippen LogP contribution >= 0.6 is 0 Å². The van der Waals surface area contributed by atoms with Gasteiger partial charge in [0.15, 0.2) is 0 Å². The van der Waals surface area contributed by atoms with E-state index in [9.17, 15) is 13.2 Å². The van der Waals surface area contributed by atoms with Gasteiger partial charge in [0.25, 0.3) is 10.1 Å². The van der Waals surface area contributed by atoms with Gasteiger partial charge in [0, 0.05) is 0 Å². The van der Waals surface area contributed by atoms with Gasteiger partial charge in [0.2, 0.25) is 0 Å². The predicted molar refractivity (Wildman–Crippen MR) is 104 cm³/mol. The van der Waals surface area contributed by atoms with Crippen LogP contribution in [-0.2, 0) is 19.6 Å². The lowest BCUT2D eigenvalue weighted by Crippen LogP contribution is -2.32. The Bertz CT molecular complexity index is 599. The molecule has 0 aliphatic rings. The maximum Gasteiger partial charge on any atom is 0.322 e. The summed E-state index contributed by atoms with van der Waals surface area (Å²) in [5.74, 6) is -0.236. The SMILES string of the molecule is CCCCCCOC(=O)C(N)CCCC.Cc1ccc(S(=O)(=O)O)cc1. The Balaban J connectivity index is 0.000000502. The largest absolute Gasteiger partial charge is 0.465 e. The molecule has 150 valence electrons.